The molecule has 1 N–H and O–H groups in total. The number of halogens is 1. The van der Waals surface area contributed by atoms with E-state index in [1.54, 1.807) is 0 Å². The van der Waals surface area contributed by atoms with Crippen LogP contribution in [0.15, 0.2) is 18.5 Å². The van der Waals surface area contributed by atoms with Crippen LogP contribution in [0.3, 0.4) is 0 Å². The lowest BCUT2D eigenvalue weighted by Gasteiger charge is -2.03. The highest BCUT2D eigenvalue weighted by Gasteiger charge is 1.90. The summed E-state index contributed by atoms with van der Waals surface area (Å²) in [6, 6.07) is 1.95. The predicted molar refractivity (Wildman–Crippen MR) is 58.1 cm³/mol. The van der Waals surface area contributed by atoms with Gasteiger partial charge in [0.15, 0.2) is 0 Å². The van der Waals surface area contributed by atoms with Gasteiger partial charge in [-0.3, -0.25) is 4.68 Å². The van der Waals surface area contributed by atoms with Crippen LogP contribution in [0, 0.1) is 0 Å². The van der Waals surface area contributed by atoms with Gasteiger partial charge in [-0.15, -0.1) is 0 Å². The maximum atomic E-state index is 4.12. The van der Waals surface area contributed by atoms with Gasteiger partial charge >= 0.3 is 0 Å². The summed E-state index contributed by atoms with van der Waals surface area (Å²) in [5.41, 5.74) is 0. The lowest BCUT2D eigenvalue weighted by atomic mass is 10.3. The molecule has 0 amide bonds. The second-order valence-corrected chi connectivity index (χ2v) is 3.71. The van der Waals surface area contributed by atoms with E-state index in [2.05, 4.69) is 26.3 Å². The van der Waals surface area contributed by atoms with Crippen molar-refractivity contribution in [2.45, 2.75) is 19.4 Å². The van der Waals surface area contributed by atoms with E-state index in [0.29, 0.717) is 0 Å². The Morgan fingerprint density at radius 2 is 2.23 bits per heavy atom. The molecule has 1 aromatic rings. The monoisotopic (exact) mass is 245 g/mol. The SMILES string of the molecule is BrCCCCNCCn1cccn1. The summed E-state index contributed by atoms with van der Waals surface area (Å²) in [6.07, 6.45) is 6.28. The minimum Gasteiger partial charge on any atom is -0.315 e. The largest absolute Gasteiger partial charge is 0.315 e. The van der Waals surface area contributed by atoms with Gasteiger partial charge < -0.3 is 5.32 Å². The van der Waals surface area contributed by atoms with Crippen molar-refractivity contribution < 1.29 is 0 Å². The van der Waals surface area contributed by atoms with Gasteiger partial charge in [0.25, 0.3) is 0 Å². The van der Waals surface area contributed by atoms with Gasteiger partial charge in [0.1, 0.15) is 0 Å². The van der Waals surface area contributed by atoms with Crippen LogP contribution in [0.25, 0.3) is 0 Å². The first-order valence-corrected chi connectivity index (χ1v) is 5.80. The minimum atomic E-state index is 0.960. The Morgan fingerprint density at radius 3 is 2.92 bits per heavy atom. The second-order valence-electron chi connectivity index (χ2n) is 2.92. The quantitative estimate of drug-likeness (QED) is 0.585. The number of nitrogens with zero attached hydrogens (tertiary/aromatic N) is 2. The summed E-state index contributed by atoms with van der Waals surface area (Å²) in [5.74, 6) is 0. The first-order chi connectivity index (χ1) is 6.43. The molecule has 0 aliphatic heterocycles. The van der Waals surface area contributed by atoms with Crippen molar-refractivity contribution in [3.05, 3.63) is 18.5 Å². The summed E-state index contributed by atoms with van der Waals surface area (Å²) < 4.78 is 1.94. The number of alkyl halides is 1. The van der Waals surface area contributed by atoms with E-state index >= 15 is 0 Å². The molecule has 1 rings (SSSR count). The fourth-order valence-electron chi connectivity index (χ4n) is 1.10. The molecule has 0 atom stereocenters. The number of hydrogen-bond acceptors (Lipinski definition) is 2. The number of unbranched alkanes of at least 4 members (excludes halogenated alkanes) is 1. The molecule has 0 spiro atoms. The Labute approximate surface area is 87.6 Å². The molecular formula is C9H16BrN3. The number of rotatable bonds is 7. The summed E-state index contributed by atoms with van der Waals surface area (Å²) in [6.45, 7) is 3.07. The van der Waals surface area contributed by atoms with E-state index in [0.717, 1.165) is 25.0 Å². The molecule has 0 aliphatic carbocycles. The van der Waals surface area contributed by atoms with Gasteiger partial charge in [0.2, 0.25) is 0 Å². The summed E-state index contributed by atoms with van der Waals surface area (Å²) in [7, 11) is 0. The standard InChI is InChI=1S/C9H16BrN3/c10-4-1-2-5-11-7-9-13-8-3-6-12-13/h3,6,8,11H,1-2,4-5,7,9H2. The molecule has 0 unspecified atom stereocenters. The zero-order valence-corrected chi connectivity index (χ0v) is 9.33. The summed E-state index contributed by atoms with van der Waals surface area (Å²) in [4.78, 5) is 0. The van der Waals surface area contributed by atoms with Crippen LogP contribution in [0.5, 0.6) is 0 Å². The van der Waals surface area contributed by atoms with Crippen LogP contribution in [0.1, 0.15) is 12.8 Å². The van der Waals surface area contributed by atoms with Gasteiger partial charge in [0, 0.05) is 24.3 Å². The maximum Gasteiger partial charge on any atom is 0.0533 e. The molecule has 1 aromatic heterocycles. The Balaban J connectivity index is 1.90. The van der Waals surface area contributed by atoms with Crippen molar-refractivity contribution in [3.8, 4) is 0 Å². The summed E-state index contributed by atoms with van der Waals surface area (Å²) in [5, 5.41) is 8.60. The van der Waals surface area contributed by atoms with Gasteiger partial charge in [-0.2, -0.15) is 5.10 Å². The third-order valence-corrected chi connectivity index (χ3v) is 2.37. The zero-order valence-electron chi connectivity index (χ0n) is 7.75. The Kier molecular flexibility index (Phi) is 5.85. The van der Waals surface area contributed by atoms with Crippen molar-refractivity contribution in [2.24, 2.45) is 0 Å². The zero-order chi connectivity index (χ0) is 9.36. The molecular weight excluding hydrogens is 230 g/mol. The van der Waals surface area contributed by atoms with Crippen LogP contribution >= 0.6 is 15.9 Å². The van der Waals surface area contributed by atoms with Gasteiger partial charge in [0.05, 0.1) is 6.54 Å². The Bertz CT molecular complexity index is 199. The highest BCUT2D eigenvalue weighted by Crippen LogP contribution is 1.91. The van der Waals surface area contributed by atoms with Gasteiger partial charge in [-0.1, -0.05) is 15.9 Å². The van der Waals surface area contributed by atoms with Crippen LogP contribution in [-0.4, -0.2) is 28.2 Å². The molecule has 0 fully saturated rings. The molecule has 74 valence electrons. The molecule has 13 heavy (non-hydrogen) atoms. The van der Waals surface area contributed by atoms with E-state index < -0.39 is 0 Å². The highest BCUT2D eigenvalue weighted by molar-refractivity contribution is 9.09. The highest BCUT2D eigenvalue weighted by atomic mass is 79.9. The summed E-state index contributed by atoms with van der Waals surface area (Å²) >= 11 is 3.41. The lowest BCUT2D eigenvalue weighted by molar-refractivity contribution is 0.546. The first-order valence-electron chi connectivity index (χ1n) is 4.67. The van der Waals surface area contributed by atoms with Crippen molar-refractivity contribution in [3.63, 3.8) is 0 Å². The predicted octanol–water partition coefficient (Wildman–Crippen LogP) is 1.65. The smallest absolute Gasteiger partial charge is 0.0533 e. The fraction of sp³-hybridized carbons (Fsp3) is 0.667. The van der Waals surface area contributed by atoms with E-state index in [-0.39, 0.29) is 0 Å². The Hall–Kier alpha value is -0.350. The number of hydrogen-bond donors (Lipinski definition) is 1. The van der Waals surface area contributed by atoms with Gasteiger partial charge in [-0.25, -0.2) is 0 Å². The average Bonchev–Trinajstić information content (AvgIpc) is 2.63. The third-order valence-electron chi connectivity index (χ3n) is 1.81. The number of nitrogens with one attached hydrogen (secondary N) is 1. The van der Waals surface area contributed by atoms with E-state index in [4.69, 9.17) is 0 Å². The van der Waals surface area contributed by atoms with Crippen LogP contribution in [-0.2, 0) is 6.54 Å². The van der Waals surface area contributed by atoms with Crippen LogP contribution in [0.4, 0.5) is 0 Å². The molecule has 3 nitrogen and oxygen atoms in total. The number of aromatic nitrogens is 2. The molecule has 0 saturated carbocycles. The molecule has 0 radical (unpaired) electrons. The molecule has 4 heteroatoms. The fourth-order valence-corrected chi connectivity index (χ4v) is 1.49. The lowest BCUT2D eigenvalue weighted by Crippen LogP contribution is -2.21. The third kappa shape index (κ3) is 5.05. The van der Waals surface area contributed by atoms with Crippen molar-refractivity contribution >= 4 is 15.9 Å². The second kappa shape index (κ2) is 7.09. The first kappa shape index (κ1) is 10.7. The van der Waals surface area contributed by atoms with Crippen LogP contribution < -0.4 is 5.32 Å². The maximum absolute atomic E-state index is 4.12. The topological polar surface area (TPSA) is 29.9 Å². The minimum absolute atomic E-state index is 0.960. The van der Waals surface area contributed by atoms with Crippen molar-refractivity contribution in [1.29, 1.82) is 0 Å². The molecule has 0 aromatic carbocycles. The normalized spacial score (nSPS) is 10.5. The molecule has 0 bridgehead atoms. The van der Waals surface area contributed by atoms with E-state index in [1.165, 1.54) is 12.8 Å². The molecule has 0 aliphatic rings. The van der Waals surface area contributed by atoms with Crippen LogP contribution in [0.2, 0.25) is 0 Å². The van der Waals surface area contributed by atoms with Gasteiger partial charge in [-0.05, 0) is 25.5 Å². The Morgan fingerprint density at radius 1 is 1.31 bits per heavy atom. The van der Waals surface area contributed by atoms with Crippen molar-refractivity contribution in [2.75, 3.05) is 18.4 Å². The van der Waals surface area contributed by atoms with Crippen molar-refractivity contribution in [1.82, 2.24) is 15.1 Å². The van der Waals surface area contributed by atoms with E-state index in [9.17, 15) is 0 Å². The molecule has 1 heterocycles. The average molecular weight is 246 g/mol. The molecule has 0 saturated heterocycles. The van der Waals surface area contributed by atoms with E-state index in [1.807, 2.05) is 23.1 Å².